The molecule has 1 heterocycles. The molecule has 0 fully saturated rings. The molecule has 0 unspecified atom stereocenters. The Balaban J connectivity index is 1.88. The molecule has 134 valence electrons. The molecule has 0 radical (unpaired) electrons. The first-order valence-corrected chi connectivity index (χ1v) is 8.45. The molecule has 2 aromatic carbocycles. The zero-order chi connectivity index (χ0) is 18.2. The van der Waals surface area contributed by atoms with Crippen LogP contribution in [0.25, 0.3) is 11.3 Å². The van der Waals surface area contributed by atoms with Crippen LogP contribution in [-0.2, 0) is 4.74 Å². The fourth-order valence-electron chi connectivity index (χ4n) is 2.46. The molecule has 0 aliphatic rings. The lowest BCUT2D eigenvalue weighted by Crippen LogP contribution is -2.09. The van der Waals surface area contributed by atoms with Crippen molar-refractivity contribution in [2.24, 2.45) is 0 Å². The molecule has 1 aromatic heterocycles. The quantitative estimate of drug-likeness (QED) is 0.586. The van der Waals surface area contributed by atoms with Crippen molar-refractivity contribution in [3.05, 3.63) is 66.5 Å². The Hall–Kier alpha value is -2.99. The summed E-state index contributed by atoms with van der Waals surface area (Å²) < 4.78 is 19.0. The van der Waals surface area contributed by atoms with Crippen LogP contribution in [-0.4, -0.2) is 30.2 Å². The number of hydrogen-bond donors (Lipinski definition) is 2. The molecule has 3 rings (SSSR count). The summed E-state index contributed by atoms with van der Waals surface area (Å²) in [5, 5.41) is 6.23. The van der Waals surface area contributed by atoms with E-state index in [2.05, 4.69) is 20.6 Å². The van der Waals surface area contributed by atoms with Gasteiger partial charge in [0.2, 0.25) is 5.95 Å². The predicted octanol–water partition coefficient (Wildman–Crippen LogP) is 4.47. The van der Waals surface area contributed by atoms with Crippen LogP contribution in [0.3, 0.4) is 0 Å². The van der Waals surface area contributed by atoms with Crippen molar-refractivity contribution in [3.63, 3.8) is 0 Å². The summed E-state index contributed by atoms with van der Waals surface area (Å²) in [6, 6.07) is 18.1. The van der Waals surface area contributed by atoms with E-state index in [0.717, 1.165) is 17.7 Å². The maximum Gasteiger partial charge on any atom is 0.225 e. The van der Waals surface area contributed by atoms with Gasteiger partial charge in [-0.25, -0.2) is 9.37 Å². The van der Waals surface area contributed by atoms with Gasteiger partial charge in [-0.15, -0.1) is 0 Å². The van der Waals surface area contributed by atoms with Crippen LogP contribution in [0, 0.1) is 5.82 Å². The van der Waals surface area contributed by atoms with Gasteiger partial charge in [0.1, 0.15) is 11.6 Å². The molecule has 0 saturated heterocycles. The van der Waals surface area contributed by atoms with Crippen molar-refractivity contribution in [1.29, 1.82) is 0 Å². The number of hydrogen-bond acceptors (Lipinski definition) is 5. The monoisotopic (exact) mass is 352 g/mol. The van der Waals surface area contributed by atoms with Gasteiger partial charge < -0.3 is 15.4 Å². The predicted molar refractivity (Wildman–Crippen MR) is 102 cm³/mol. The molecule has 26 heavy (non-hydrogen) atoms. The summed E-state index contributed by atoms with van der Waals surface area (Å²) in [6.45, 7) is 1.34. The molecule has 0 aliphatic heterocycles. The SMILES string of the molecule is COCCCNc1nc(Nc2ccccc2F)cc(-c2ccccc2)n1. The van der Waals surface area contributed by atoms with Gasteiger partial charge in [-0.05, 0) is 18.6 Å². The number of aromatic nitrogens is 2. The molecular weight excluding hydrogens is 331 g/mol. The molecule has 2 N–H and O–H groups in total. The Morgan fingerprint density at radius 1 is 1.00 bits per heavy atom. The van der Waals surface area contributed by atoms with Crippen LogP contribution in [0.4, 0.5) is 21.8 Å². The normalized spacial score (nSPS) is 10.5. The summed E-state index contributed by atoms with van der Waals surface area (Å²) >= 11 is 0. The Morgan fingerprint density at radius 3 is 2.54 bits per heavy atom. The summed E-state index contributed by atoms with van der Waals surface area (Å²) in [4.78, 5) is 9.02. The fraction of sp³-hybridized carbons (Fsp3) is 0.200. The van der Waals surface area contributed by atoms with Gasteiger partial charge >= 0.3 is 0 Å². The standard InChI is InChI=1S/C20H21FN4O/c1-26-13-7-12-22-20-24-18(15-8-3-2-4-9-15)14-19(25-20)23-17-11-6-5-10-16(17)21/h2-6,8-11,14H,7,12-13H2,1H3,(H2,22,23,24,25). The van der Waals surface area contributed by atoms with Crippen LogP contribution >= 0.6 is 0 Å². The van der Waals surface area contributed by atoms with E-state index in [9.17, 15) is 4.39 Å². The zero-order valence-electron chi connectivity index (χ0n) is 14.6. The van der Waals surface area contributed by atoms with E-state index in [4.69, 9.17) is 4.74 Å². The van der Waals surface area contributed by atoms with Crippen LogP contribution in [0.5, 0.6) is 0 Å². The van der Waals surface area contributed by atoms with Gasteiger partial charge in [0, 0.05) is 31.9 Å². The number of benzene rings is 2. The Kier molecular flexibility index (Phi) is 6.11. The highest BCUT2D eigenvalue weighted by atomic mass is 19.1. The van der Waals surface area contributed by atoms with E-state index in [0.29, 0.717) is 30.6 Å². The van der Waals surface area contributed by atoms with Crippen LogP contribution in [0.1, 0.15) is 6.42 Å². The lowest BCUT2D eigenvalue weighted by atomic mass is 10.1. The van der Waals surface area contributed by atoms with Crippen molar-refractivity contribution < 1.29 is 9.13 Å². The van der Waals surface area contributed by atoms with Crippen molar-refractivity contribution in [2.45, 2.75) is 6.42 Å². The molecule has 0 spiro atoms. The van der Waals surface area contributed by atoms with E-state index in [1.54, 1.807) is 25.3 Å². The van der Waals surface area contributed by atoms with Gasteiger partial charge in [-0.2, -0.15) is 4.98 Å². The minimum absolute atomic E-state index is 0.332. The molecular formula is C20H21FN4O. The average molecular weight is 352 g/mol. The van der Waals surface area contributed by atoms with Crippen molar-refractivity contribution in [2.75, 3.05) is 30.9 Å². The first kappa shape index (κ1) is 17.8. The summed E-state index contributed by atoms with van der Waals surface area (Å²) in [5.41, 5.74) is 2.09. The zero-order valence-corrected chi connectivity index (χ0v) is 14.6. The van der Waals surface area contributed by atoms with Gasteiger partial charge in [0.05, 0.1) is 11.4 Å². The van der Waals surface area contributed by atoms with Gasteiger partial charge in [-0.3, -0.25) is 0 Å². The molecule has 0 aliphatic carbocycles. The highest BCUT2D eigenvalue weighted by Gasteiger charge is 2.08. The van der Waals surface area contributed by atoms with Crippen molar-refractivity contribution >= 4 is 17.5 Å². The summed E-state index contributed by atoms with van der Waals surface area (Å²) in [7, 11) is 1.67. The Morgan fingerprint density at radius 2 is 1.77 bits per heavy atom. The number of para-hydroxylation sites is 1. The molecule has 0 atom stereocenters. The third kappa shape index (κ3) is 4.77. The van der Waals surface area contributed by atoms with Crippen LogP contribution < -0.4 is 10.6 Å². The lowest BCUT2D eigenvalue weighted by Gasteiger charge is -2.12. The second-order valence-electron chi connectivity index (χ2n) is 5.71. The number of ether oxygens (including phenoxy) is 1. The van der Waals surface area contributed by atoms with E-state index >= 15 is 0 Å². The van der Waals surface area contributed by atoms with Crippen molar-refractivity contribution in [3.8, 4) is 11.3 Å². The van der Waals surface area contributed by atoms with E-state index < -0.39 is 0 Å². The largest absolute Gasteiger partial charge is 0.385 e. The van der Waals surface area contributed by atoms with Crippen LogP contribution in [0.2, 0.25) is 0 Å². The molecule has 0 saturated carbocycles. The highest BCUT2D eigenvalue weighted by Crippen LogP contribution is 2.24. The first-order valence-electron chi connectivity index (χ1n) is 8.45. The number of nitrogens with zero attached hydrogens (tertiary/aromatic N) is 2. The minimum atomic E-state index is -0.332. The molecule has 6 heteroatoms. The number of nitrogens with one attached hydrogen (secondary N) is 2. The fourth-order valence-corrected chi connectivity index (χ4v) is 2.46. The van der Waals surface area contributed by atoms with E-state index in [-0.39, 0.29) is 5.82 Å². The third-order valence-electron chi connectivity index (χ3n) is 3.74. The van der Waals surface area contributed by atoms with E-state index in [1.165, 1.54) is 6.07 Å². The van der Waals surface area contributed by atoms with E-state index in [1.807, 2.05) is 36.4 Å². The number of halogens is 1. The summed E-state index contributed by atoms with van der Waals surface area (Å²) in [6.07, 6.45) is 0.839. The molecule has 5 nitrogen and oxygen atoms in total. The number of methoxy groups -OCH3 is 1. The Labute approximate surface area is 152 Å². The first-order chi connectivity index (χ1) is 12.8. The Bertz CT molecular complexity index is 842. The second kappa shape index (κ2) is 8.92. The lowest BCUT2D eigenvalue weighted by molar-refractivity contribution is 0.197. The highest BCUT2D eigenvalue weighted by molar-refractivity contribution is 5.67. The van der Waals surface area contributed by atoms with Crippen molar-refractivity contribution in [1.82, 2.24) is 9.97 Å². The third-order valence-corrected chi connectivity index (χ3v) is 3.74. The topological polar surface area (TPSA) is 59.1 Å². The van der Waals surface area contributed by atoms with Crippen LogP contribution in [0.15, 0.2) is 60.7 Å². The number of anilines is 3. The van der Waals surface area contributed by atoms with Gasteiger partial charge in [0.15, 0.2) is 0 Å². The molecule has 0 bridgehead atoms. The molecule has 3 aromatic rings. The smallest absolute Gasteiger partial charge is 0.225 e. The maximum atomic E-state index is 14.0. The molecule has 0 amide bonds. The van der Waals surface area contributed by atoms with Gasteiger partial charge in [0.25, 0.3) is 0 Å². The number of rotatable bonds is 8. The van der Waals surface area contributed by atoms with Gasteiger partial charge in [-0.1, -0.05) is 42.5 Å². The minimum Gasteiger partial charge on any atom is -0.385 e. The average Bonchev–Trinajstić information content (AvgIpc) is 2.68. The second-order valence-corrected chi connectivity index (χ2v) is 5.71. The maximum absolute atomic E-state index is 14.0. The summed E-state index contributed by atoms with van der Waals surface area (Å²) in [5.74, 6) is 0.682.